The zero-order chi connectivity index (χ0) is 7.11. The molecule has 9 heavy (non-hydrogen) atoms. The molecule has 0 amide bonds. The van der Waals surface area contributed by atoms with Gasteiger partial charge in [-0.3, -0.25) is 5.41 Å². The molecule has 0 rings (SSSR count). The third-order valence-corrected chi connectivity index (χ3v) is 0.924. The third-order valence-electron chi connectivity index (χ3n) is 0.924. The monoisotopic (exact) mass is 131 g/mol. The van der Waals surface area contributed by atoms with Crippen LogP contribution in [0, 0.1) is 5.41 Å². The van der Waals surface area contributed by atoms with Gasteiger partial charge in [0.05, 0.1) is 13.7 Å². The minimum absolute atomic E-state index is 0.281. The van der Waals surface area contributed by atoms with Gasteiger partial charge in [-0.2, -0.15) is 0 Å². The first kappa shape index (κ1) is 8.43. The molecule has 0 aromatic heterocycles. The van der Waals surface area contributed by atoms with Crippen molar-refractivity contribution in [2.45, 2.75) is 13.3 Å². The maximum Gasteiger partial charge on any atom is 0.182 e. The molecule has 3 nitrogen and oxygen atoms in total. The number of ether oxygens (including phenoxy) is 2. The molecular weight excluding hydrogens is 118 g/mol. The molecule has 0 saturated carbocycles. The van der Waals surface area contributed by atoms with Crippen LogP contribution in [0.2, 0.25) is 0 Å². The molecule has 0 radical (unpaired) electrons. The normalized spacial score (nSPS) is 9.11. The standard InChI is InChI=1S/C6H13NO2/c1-3-9-5-4-6(7)8-2/h7H,3-5H2,1-2H3. The van der Waals surface area contributed by atoms with Gasteiger partial charge in [-0.25, -0.2) is 0 Å². The second-order valence-electron chi connectivity index (χ2n) is 1.57. The summed E-state index contributed by atoms with van der Waals surface area (Å²) >= 11 is 0. The average Bonchev–Trinajstić information content (AvgIpc) is 1.89. The third kappa shape index (κ3) is 5.30. The van der Waals surface area contributed by atoms with E-state index in [0.29, 0.717) is 19.6 Å². The summed E-state index contributed by atoms with van der Waals surface area (Å²) in [5, 5.41) is 7.01. The summed E-state index contributed by atoms with van der Waals surface area (Å²) in [7, 11) is 1.49. The minimum Gasteiger partial charge on any atom is -0.484 e. The van der Waals surface area contributed by atoms with Crippen molar-refractivity contribution in [1.29, 1.82) is 5.41 Å². The summed E-state index contributed by atoms with van der Waals surface area (Å²) in [5.74, 6) is 0.281. The molecule has 0 fully saturated rings. The van der Waals surface area contributed by atoms with E-state index in [-0.39, 0.29) is 5.90 Å². The average molecular weight is 131 g/mol. The summed E-state index contributed by atoms with van der Waals surface area (Å²) in [6.07, 6.45) is 0.574. The molecule has 0 spiro atoms. The Morgan fingerprint density at radius 1 is 1.56 bits per heavy atom. The first-order chi connectivity index (χ1) is 4.31. The predicted molar refractivity (Wildman–Crippen MR) is 35.8 cm³/mol. The molecule has 0 aromatic carbocycles. The van der Waals surface area contributed by atoms with Gasteiger partial charge >= 0.3 is 0 Å². The molecule has 0 bridgehead atoms. The van der Waals surface area contributed by atoms with Crippen LogP contribution in [0.4, 0.5) is 0 Å². The number of methoxy groups -OCH3 is 1. The summed E-state index contributed by atoms with van der Waals surface area (Å²) < 4.78 is 9.59. The van der Waals surface area contributed by atoms with Gasteiger partial charge in [0.2, 0.25) is 0 Å². The van der Waals surface area contributed by atoms with Gasteiger partial charge in [-0.15, -0.1) is 0 Å². The summed E-state index contributed by atoms with van der Waals surface area (Å²) in [6, 6.07) is 0. The van der Waals surface area contributed by atoms with Gasteiger partial charge in [0, 0.05) is 13.0 Å². The Labute approximate surface area is 55.5 Å². The molecule has 0 atom stereocenters. The topological polar surface area (TPSA) is 42.3 Å². The fourth-order valence-corrected chi connectivity index (χ4v) is 0.411. The maximum atomic E-state index is 7.01. The van der Waals surface area contributed by atoms with E-state index >= 15 is 0 Å². The first-order valence-electron chi connectivity index (χ1n) is 3.00. The molecule has 0 unspecified atom stereocenters. The van der Waals surface area contributed by atoms with Gasteiger partial charge in [-0.05, 0) is 6.92 Å². The zero-order valence-electron chi connectivity index (χ0n) is 5.94. The van der Waals surface area contributed by atoms with Crippen LogP contribution >= 0.6 is 0 Å². The molecule has 54 valence electrons. The molecule has 0 aliphatic carbocycles. The maximum absolute atomic E-state index is 7.01. The van der Waals surface area contributed by atoms with E-state index in [1.807, 2.05) is 6.92 Å². The Morgan fingerprint density at radius 3 is 2.67 bits per heavy atom. The van der Waals surface area contributed by atoms with E-state index in [0.717, 1.165) is 0 Å². The van der Waals surface area contributed by atoms with Crippen molar-refractivity contribution in [2.24, 2.45) is 0 Å². The van der Waals surface area contributed by atoms with Crippen LogP contribution in [-0.4, -0.2) is 26.2 Å². The van der Waals surface area contributed by atoms with E-state index in [4.69, 9.17) is 10.1 Å². The number of rotatable bonds is 4. The summed E-state index contributed by atoms with van der Waals surface area (Å²) in [4.78, 5) is 0. The van der Waals surface area contributed by atoms with Crippen molar-refractivity contribution >= 4 is 5.90 Å². The van der Waals surface area contributed by atoms with E-state index in [9.17, 15) is 0 Å². The van der Waals surface area contributed by atoms with Crippen LogP contribution in [0.15, 0.2) is 0 Å². The van der Waals surface area contributed by atoms with Crippen LogP contribution < -0.4 is 0 Å². The van der Waals surface area contributed by atoms with E-state index < -0.39 is 0 Å². The Hall–Kier alpha value is -0.570. The molecule has 1 N–H and O–H groups in total. The smallest absolute Gasteiger partial charge is 0.182 e. The van der Waals surface area contributed by atoms with Crippen molar-refractivity contribution in [3.63, 3.8) is 0 Å². The van der Waals surface area contributed by atoms with Crippen molar-refractivity contribution in [3.05, 3.63) is 0 Å². The van der Waals surface area contributed by atoms with Crippen molar-refractivity contribution < 1.29 is 9.47 Å². The molecule has 0 heterocycles. The SMILES string of the molecule is CCOCCC(=N)OC. The second-order valence-corrected chi connectivity index (χ2v) is 1.57. The van der Waals surface area contributed by atoms with Crippen LogP contribution in [0.25, 0.3) is 0 Å². The molecule has 0 aromatic rings. The quantitative estimate of drug-likeness (QED) is 0.352. The number of hydrogen-bond donors (Lipinski definition) is 1. The number of hydrogen-bond acceptors (Lipinski definition) is 3. The highest BCUT2D eigenvalue weighted by Gasteiger charge is 1.92. The van der Waals surface area contributed by atoms with E-state index in [1.165, 1.54) is 7.11 Å². The fraction of sp³-hybridized carbons (Fsp3) is 0.833. The Balaban J connectivity index is 2.97. The van der Waals surface area contributed by atoms with Gasteiger partial charge in [0.1, 0.15) is 0 Å². The molecule has 0 saturated heterocycles. The van der Waals surface area contributed by atoms with Crippen LogP contribution in [0.5, 0.6) is 0 Å². The predicted octanol–water partition coefficient (Wildman–Crippen LogP) is 1.04. The van der Waals surface area contributed by atoms with E-state index in [2.05, 4.69) is 4.74 Å². The lowest BCUT2D eigenvalue weighted by Crippen LogP contribution is -2.04. The lowest BCUT2D eigenvalue weighted by atomic mass is 10.4. The fourth-order valence-electron chi connectivity index (χ4n) is 0.411. The van der Waals surface area contributed by atoms with Crippen molar-refractivity contribution in [3.8, 4) is 0 Å². The van der Waals surface area contributed by atoms with Crippen LogP contribution in [-0.2, 0) is 9.47 Å². The molecule has 0 aliphatic rings. The van der Waals surface area contributed by atoms with Gasteiger partial charge < -0.3 is 9.47 Å². The van der Waals surface area contributed by atoms with Crippen molar-refractivity contribution in [1.82, 2.24) is 0 Å². The van der Waals surface area contributed by atoms with E-state index in [1.54, 1.807) is 0 Å². The Kier molecular flexibility index (Phi) is 5.21. The van der Waals surface area contributed by atoms with Gasteiger partial charge in [0.15, 0.2) is 5.90 Å². The zero-order valence-corrected chi connectivity index (χ0v) is 5.94. The highest BCUT2D eigenvalue weighted by atomic mass is 16.5. The lowest BCUT2D eigenvalue weighted by Gasteiger charge is -2.00. The first-order valence-corrected chi connectivity index (χ1v) is 3.00. The minimum atomic E-state index is 0.281. The second kappa shape index (κ2) is 5.56. The summed E-state index contributed by atoms with van der Waals surface area (Å²) in [6.45, 7) is 3.22. The van der Waals surface area contributed by atoms with Crippen molar-refractivity contribution in [2.75, 3.05) is 20.3 Å². The highest BCUT2D eigenvalue weighted by Crippen LogP contribution is 1.85. The lowest BCUT2D eigenvalue weighted by molar-refractivity contribution is 0.150. The van der Waals surface area contributed by atoms with Gasteiger partial charge in [0.25, 0.3) is 0 Å². The molecule has 0 aliphatic heterocycles. The number of nitrogens with one attached hydrogen (secondary N) is 1. The van der Waals surface area contributed by atoms with Gasteiger partial charge in [-0.1, -0.05) is 0 Å². The Morgan fingerprint density at radius 2 is 2.22 bits per heavy atom. The Bertz CT molecular complexity index is 83.1. The highest BCUT2D eigenvalue weighted by molar-refractivity contribution is 5.72. The molecule has 3 heteroatoms. The van der Waals surface area contributed by atoms with Crippen LogP contribution in [0.3, 0.4) is 0 Å². The molecular formula is C6H13NO2. The van der Waals surface area contributed by atoms with Crippen LogP contribution in [0.1, 0.15) is 13.3 Å². The summed E-state index contributed by atoms with van der Waals surface area (Å²) in [5.41, 5.74) is 0. The largest absolute Gasteiger partial charge is 0.484 e.